The fourth-order valence-electron chi connectivity index (χ4n) is 6.08. The van der Waals surface area contributed by atoms with Gasteiger partial charge in [0.2, 0.25) is 11.8 Å². The summed E-state index contributed by atoms with van der Waals surface area (Å²) in [6, 6.07) is 7.37. The highest BCUT2D eigenvalue weighted by Gasteiger charge is 2.56. The largest absolute Gasteiger partial charge is 0.508 e. The summed E-state index contributed by atoms with van der Waals surface area (Å²) in [5.41, 5.74) is 5.01. The number of carbonyl (C=O) groups excluding carboxylic acids is 2. The predicted octanol–water partition coefficient (Wildman–Crippen LogP) is 5.49. The Bertz CT molecular complexity index is 962. The number of imide groups is 1. The molecule has 33 heavy (non-hydrogen) atoms. The molecule has 2 heterocycles. The van der Waals surface area contributed by atoms with E-state index in [0.29, 0.717) is 19.6 Å². The van der Waals surface area contributed by atoms with Crippen LogP contribution in [-0.2, 0) is 14.3 Å². The predicted molar refractivity (Wildman–Crippen MR) is 129 cm³/mol. The van der Waals surface area contributed by atoms with Crippen molar-refractivity contribution in [3.05, 3.63) is 46.5 Å². The third-order valence-corrected chi connectivity index (χ3v) is 7.51. The average molecular weight is 452 g/mol. The van der Waals surface area contributed by atoms with Gasteiger partial charge in [-0.2, -0.15) is 0 Å². The highest BCUT2D eigenvalue weighted by molar-refractivity contribution is 6.05. The van der Waals surface area contributed by atoms with Crippen molar-refractivity contribution in [2.75, 3.05) is 13.2 Å². The van der Waals surface area contributed by atoms with Crippen molar-refractivity contribution in [1.82, 2.24) is 4.90 Å². The van der Waals surface area contributed by atoms with E-state index in [1.165, 1.54) is 21.6 Å². The van der Waals surface area contributed by atoms with Crippen LogP contribution in [-0.4, -0.2) is 41.1 Å². The Balaban J connectivity index is 1.53. The first-order valence-electron chi connectivity index (χ1n) is 12.7. The second-order valence-electron chi connectivity index (χ2n) is 9.69. The lowest BCUT2D eigenvalue weighted by molar-refractivity contribution is -0.140. The van der Waals surface area contributed by atoms with Crippen LogP contribution in [0, 0.1) is 17.8 Å². The van der Waals surface area contributed by atoms with Crippen molar-refractivity contribution in [1.29, 1.82) is 0 Å². The topological polar surface area (TPSA) is 66.8 Å². The van der Waals surface area contributed by atoms with Gasteiger partial charge in [0.1, 0.15) is 5.75 Å². The highest BCUT2D eigenvalue weighted by atomic mass is 16.5. The van der Waals surface area contributed by atoms with Gasteiger partial charge in [-0.25, -0.2) is 0 Å². The number of hydrogen-bond donors (Lipinski definition) is 1. The summed E-state index contributed by atoms with van der Waals surface area (Å²) in [6.07, 6.45) is 8.51. The molecule has 2 saturated heterocycles. The fourth-order valence-corrected chi connectivity index (χ4v) is 6.08. The third kappa shape index (κ3) is 4.65. The molecule has 0 aromatic heterocycles. The zero-order chi connectivity index (χ0) is 23.5. The van der Waals surface area contributed by atoms with E-state index in [2.05, 4.69) is 19.9 Å². The van der Waals surface area contributed by atoms with Crippen molar-refractivity contribution in [3.63, 3.8) is 0 Å². The Labute approximate surface area is 197 Å². The second-order valence-corrected chi connectivity index (χ2v) is 9.69. The molecule has 178 valence electrons. The average Bonchev–Trinajstić information content (AvgIpc) is 3.32. The van der Waals surface area contributed by atoms with E-state index < -0.39 is 0 Å². The van der Waals surface area contributed by atoms with Gasteiger partial charge in [0.05, 0.1) is 24.5 Å². The van der Waals surface area contributed by atoms with Crippen LogP contribution in [0.4, 0.5) is 0 Å². The molecule has 1 aromatic carbocycles. The van der Waals surface area contributed by atoms with Crippen molar-refractivity contribution < 1.29 is 19.4 Å². The number of hydrogen-bond acceptors (Lipinski definition) is 4. The minimum Gasteiger partial charge on any atom is -0.508 e. The maximum atomic E-state index is 13.2. The smallest absolute Gasteiger partial charge is 0.233 e. The molecular formula is C28H37NO4. The Kier molecular flexibility index (Phi) is 7.38. The van der Waals surface area contributed by atoms with Crippen LogP contribution in [0.15, 0.2) is 41.0 Å². The first kappa shape index (κ1) is 23.7. The molecular weight excluding hydrogens is 414 g/mol. The van der Waals surface area contributed by atoms with Crippen molar-refractivity contribution in [2.24, 2.45) is 17.8 Å². The van der Waals surface area contributed by atoms with E-state index in [-0.39, 0.29) is 41.4 Å². The molecule has 2 aliphatic heterocycles. The number of phenols is 1. The molecule has 4 atom stereocenters. The van der Waals surface area contributed by atoms with Gasteiger partial charge in [0.25, 0.3) is 0 Å². The van der Waals surface area contributed by atoms with Crippen molar-refractivity contribution in [3.8, 4) is 5.75 Å². The number of rotatable bonds is 9. The van der Waals surface area contributed by atoms with Crippen LogP contribution in [0.1, 0.15) is 71.3 Å². The molecule has 0 bridgehead atoms. The number of fused-ring (bicyclic) bond motifs is 3. The molecule has 0 unspecified atom stereocenters. The van der Waals surface area contributed by atoms with E-state index in [0.717, 1.165) is 44.1 Å². The zero-order valence-corrected chi connectivity index (χ0v) is 20.2. The summed E-state index contributed by atoms with van der Waals surface area (Å²) in [4.78, 5) is 27.6. The number of carbonyl (C=O) groups is 2. The number of phenolic OH excluding ortho intramolecular Hbond substituents is 1. The molecule has 1 aliphatic carbocycles. The van der Waals surface area contributed by atoms with Gasteiger partial charge < -0.3 is 9.84 Å². The van der Waals surface area contributed by atoms with Crippen LogP contribution < -0.4 is 0 Å². The van der Waals surface area contributed by atoms with E-state index >= 15 is 0 Å². The monoisotopic (exact) mass is 451 g/mol. The van der Waals surface area contributed by atoms with Crippen molar-refractivity contribution >= 4 is 17.9 Å². The molecule has 0 spiro atoms. The number of ether oxygens (including phenoxy) is 1. The first-order valence-corrected chi connectivity index (χ1v) is 12.7. The molecule has 5 nitrogen and oxygen atoms in total. The standard InChI is InChI=1S/C28H37NO4/c1-4-8-18(14-19-9-7-10-21(30)15-19)11-12-24-25-20(6-3)16-22-26(23(25)17-33-24)28(32)29(13-5-2)27(22)31/h7,9-10,14-15,22-24,26,30H,4-6,8,11-13,16-17H2,1-3H3/b18-14+/t22-,23+,24-,26-/m1/s1. The zero-order valence-electron chi connectivity index (χ0n) is 20.2. The number of nitrogens with zero attached hydrogens (tertiary/aromatic N) is 1. The Morgan fingerprint density at radius 2 is 1.94 bits per heavy atom. The van der Waals surface area contributed by atoms with Gasteiger partial charge in [-0.05, 0) is 61.8 Å². The van der Waals surface area contributed by atoms with Gasteiger partial charge in [0.15, 0.2) is 0 Å². The second kappa shape index (κ2) is 10.3. The van der Waals surface area contributed by atoms with E-state index in [1.807, 2.05) is 19.1 Å². The van der Waals surface area contributed by atoms with Crippen molar-refractivity contribution in [2.45, 2.75) is 71.8 Å². The molecule has 1 N–H and O–H groups in total. The molecule has 0 radical (unpaired) electrons. The van der Waals surface area contributed by atoms with E-state index in [4.69, 9.17) is 4.74 Å². The molecule has 2 amide bonds. The minimum atomic E-state index is -0.239. The Hall–Kier alpha value is -2.40. The van der Waals surface area contributed by atoms with Crippen LogP contribution in [0.5, 0.6) is 5.75 Å². The first-order chi connectivity index (χ1) is 16.0. The van der Waals surface area contributed by atoms with E-state index in [9.17, 15) is 14.7 Å². The van der Waals surface area contributed by atoms with Gasteiger partial charge in [0, 0.05) is 12.5 Å². The lowest BCUT2D eigenvalue weighted by Gasteiger charge is -2.31. The van der Waals surface area contributed by atoms with Gasteiger partial charge in [-0.15, -0.1) is 0 Å². The highest BCUT2D eigenvalue weighted by Crippen LogP contribution is 2.50. The lowest BCUT2D eigenvalue weighted by atomic mass is 9.69. The molecule has 3 aliphatic rings. The quantitative estimate of drug-likeness (QED) is 0.398. The molecule has 4 rings (SSSR count). The van der Waals surface area contributed by atoms with E-state index in [1.54, 1.807) is 12.1 Å². The maximum absolute atomic E-state index is 13.2. The van der Waals surface area contributed by atoms with Crippen LogP contribution in [0.2, 0.25) is 0 Å². The Morgan fingerprint density at radius 1 is 1.12 bits per heavy atom. The number of likely N-dealkylation sites (tertiary alicyclic amines) is 1. The number of allylic oxidation sites excluding steroid dienone is 2. The molecule has 5 heteroatoms. The summed E-state index contributed by atoms with van der Waals surface area (Å²) < 4.78 is 6.31. The van der Waals surface area contributed by atoms with Crippen LogP contribution in [0.3, 0.4) is 0 Å². The summed E-state index contributed by atoms with van der Waals surface area (Å²) in [7, 11) is 0. The molecule has 0 saturated carbocycles. The summed E-state index contributed by atoms with van der Waals surface area (Å²) in [5, 5.41) is 9.80. The lowest BCUT2D eigenvalue weighted by Crippen LogP contribution is -2.34. The number of amides is 2. The maximum Gasteiger partial charge on any atom is 0.233 e. The Morgan fingerprint density at radius 3 is 2.64 bits per heavy atom. The number of aromatic hydroxyl groups is 1. The van der Waals surface area contributed by atoms with Gasteiger partial charge >= 0.3 is 0 Å². The van der Waals surface area contributed by atoms with Crippen LogP contribution in [0.25, 0.3) is 6.08 Å². The van der Waals surface area contributed by atoms with Gasteiger partial charge in [-0.1, -0.05) is 56.5 Å². The fraction of sp³-hybridized carbons (Fsp3) is 0.571. The molecule has 2 fully saturated rings. The SMILES string of the molecule is CCC/C(=C\c1cccc(O)c1)CC[C@H]1OC[C@H]2C1=C(CC)C[C@H]1C(=O)N(CCC)C(=O)[C@H]12. The summed E-state index contributed by atoms with van der Waals surface area (Å²) >= 11 is 0. The minimum absolute atomic E-state index is 0.0178. The normalized spacial score (nSPS) is 27.4. The summed E-state index contributed by atoms with van der Waals surface area (Å²) in [6.45, 7) is 7.42. The number of benzene rings is 1. The van der Waals surface area contributed by atoms with Gasteiger partial charge in [-0.3, -0.25) is 14.5 Å². The third-order valence-electron chi connectivity index (χ3n) is 7.51. The van der Waals surface area contributed by atoms with Crippen LogP contribution >= 0.6 is 0 Å². The summed E-state index contributed by atoms with van der Waals surface area (Å²) in [5.74, 6) is -0.0619. The molecule has 1 aromatic rings.